The molecule has 2 fully saturated rings. The zero-order valence-corrected chi connectivity index (χ0v) is 10.6. The van der Waals surface area contributed by atoms with Crippen molar-refractivity contribution in [3.8, 4) is 0 Å². The molecular weight excluding hydrogens is 236 g/mol. The molecule has 0 spiro atoms. The summed E-state index contributed by atoms with van der Waals surface area (Å²) >= 11 is 0. The SMILES string of the molecule is CC1OCCC1NC(=O)N1CCCCC1C(=O)O. The molecule has 0 saturated carbocycles. The van der Waals surface area contributed by atoms with E-state index in [2.05, 4.69) is 5.32 Å². The maximum Gasteiger partial charge on any atom is 0.326 e. The molecule has 0 aromatic rings. The molecule has 0 aromatic heterocycles. The van der Waals surface area contributed by atoms with Crippen molar-refractivity contribution in [1.82, 2.24) is 10.2 Å². The summed E-state index contributed by atoms with van der Waals surface area (Å²) in [6.45, 7) is 3.09. The van der Waals surface area contributed by atoms with Crippen molar-refractivity contribution >= 4 is 12.0 Å². The smallest absolute Gasteiger partial charge is 0.326 e. The van der Waals surface area contributed by atoms with Crippen LogP contribution in [0.5, 0.6) is 0 Å². The summed E-state index contributed by atoms with van der Waals surface area (Å²) < 4.78 is 5.38. The first-order valence-corrected chi connectivity index (χ1v) is 6.51. The van der Waals surface area contributed by atoms with E-state index in [0.717, 1.165) is 19.3 Å². The first-order valence-electron chi connectivity index (χ1n) is 6.51. The average molecular weight is 256 g/mol. The van der Waals surface area contributed by atoms with Gasteiger partial charge in [0.15, 0.2) is 0 Å². The Hall–Kier alpha value is -1.30. The molecule has 6 heteroatoms. The highest BCUT2D eigenvalue weighted by atomic mass is 16.5. The van der Waals surface area contributed by atoms with Crippen LogP contribution < -0.4 is 5.32 Å². The zero-order chi connectivity index (χ0) is 13.1. The fourth-order valence-electron chi connectivity index (χ4n) is 2.59. The Labute approximate surface area is 106 Å². The molecule has 2 rings (SSSR count). The number of nitrogens with zero attached hydrogens (tertiary/aromatic N) is 1. The number of hydrogen-bond acceptors (Lipinski definition) is 3. The van der Waals surface area contributed by atoms with Gasteiger partial charge in [-0.25, -0.2) is 9.59 Å². The summed E-state index contributed by atoms with van der Waals surface area (Å²) in [7, 11) is 0. The molecule has 0 bridgehead atoms. The molecule has 102 valence electrons. The minimum Gasteiger partial charge on any atom is -0.480 e. The number of ether oxygens (including phenoxy) is 1. The highest BCUT2D eigenvalue weighted by Crippen LogP contribution is 2.19. The summed E-state index contributed by atoms with van der Waals surface area (Å²) in [5.74, 6) is -0.916. The van der Waals surface area contributed by atoms with Crippen LogP contribution in [0.1, 0.15) is 32.6 Å². The van der Waals surface area contributed by atoms with Gasteiger partial charge in [-0.2, -0.15) is 0 Å². The number of urea groups is 1. The van der Waals surface area contributed by atoms with Crippen molar-refractivity contribution in [2.24, 2.45) is 0 Å². The van der Waals surface area contributed by atoms with Crippen LogP contribution in [0.2, 0.25) is 0 Å². The van der Waals surface area contributed by atoms with Gasteiger partial charge in [0.2, 0.25) is 0 Å². The monoisotopic (exact) mass is 256 g/mol. The fraction of sp³-hybridized carbons (Fsp3) is 0.833. The lowest BCUT2D eigenvalue weighted by molar-refractivity contribution is -0.143. The third-order valence-corrected chi connectivity index (χ3v) is 3.73. The van der Waals surface area contributed by atoms with Crippen molar-refractivity contribution in [2.45, 2.75) is 50.8 Å². The van der Waals surface area contributed by atoms with Crippen LogP contribution in [-0.4, -0.2) is 53.3 Å². The van der Waals surface area contributed by atoms with E-state index in [4.69, 9.17) is 9.84 Å². The number of nitrogens with one attached hydrogen (secondary N) is 1. The topological polar surface area (TPSA) is 78.9 Å². The van der Waals surface area contributed by atoms with Crippen LogP contribution in [0.25, 0.3) is 0 Å². The minimum absolute atomic E-state index is 0.00187. The van der Waals surface area contributed by atoms with Gasteiger partial charge in [0, 0.05) is 13.2 Å². The highest BCUT2D eigenvalue weighted by Gasteiger charge is 2.34. The Morgan fingerprint density at radius 2 is 2.11 bits per heavy atom. The molecule has 0 radical (unpaired) electrons. The third kappa shape index (κ3) is 2.75. The first-order chi connectivity index (χ1) is 8.59. The summed E-state index contributed by atoms with van der Waals surface area (Å²) in [6.07, 6.45) is 3.07. The second kappa shape index (κ2) is 5.56. The summed E-state index contributed by atoms with van der Waals surface area (Å²) in [6, 6.07) is -0.963. The van der Waals surface area contributed by atoms with Crippen molar-refractivity contribution in [3.63, 3.8) is 0 Å². The largest absolute Gasteiger partial charge is 0.480 e. The molecule has 18 heavy (non-hydrogen) atoms. The quantitative estimate of drug-likeness (QED) is 0.766. The van der Waals surface area contributed by atoms with E-state index in [1.807, 2.05) is 6.92 Å². The number of likely N-dealkylation sites (tertiary alicyclic amines) is 1. The molecule has 2 N–H and O–H groups in total. The van der Waals surface area contributed by atoms with E-state index >= 15 is 0 Å². The molecule has 3 unspecified atom stereocenters. The lowest BCUT2D eigenvalue weighted by Gasteiger charge is -2.34. The van der Waals surface area contributed by atoms with Crippen LogP contribution >= 0.6 is 0 Å². The maximum absolute atomic E-state index is 12.1. The molecule has 0 aromatic carbocycles. The predicted octanol–water partition coefficient (Wildman–Crippen LogP) is 0.812. The van der Waals surface area contributed by atoms with Crippen LogP contribution in [0.3, 0.4) is 0 Å². The van der Waals surface area contributed by atoms with E-state index in [1.54, 1.807) is 0 Å². The van der Waals surface area contributed by atoms with Crippen LogP contribution in [-0.2, 0) is 9.53 Å². The number of amides is 2. The van der Waals surface area contributed by atoms with Gasteiger partial charge < -0.3 is 20.1 Å². The van der Waals surface area contributed by atoms with E-state index < -0.39 is 12.0 Å². The molecule has 6 nitrogen and oxygen atoms in total. The zero-order valence-electron chi connectivity index (χ0n) is 10.6. The summed E-state index contributed by atoms with van der Waals surface area (Å²) in [4.78, 5) is 24.7. The van der Waals surface area contributed by atoms with E-state index in [9.17, 15) is 9.59 Å². The number of carboxylic acids is 1. The summed E-state index contributed by atoms with van der Waals surface area (Å²) in [5.41, 5.74) is 0. The molecule has 2 saturated heterocycles. The lowest BCUT2D eigenvalue weighted by atomic mass is 10.0. The fourth-order valence-corrected chi connectivity index (χ4v) is 2.59. The first kappa shape index (κ1) is 13.1. The van der Waals surface area contributed by atoms with Gasteiger partial charge >= 0.3 is 12.0 Å². The van der Waals surface area contributed by atoms with Crippen molar-refractivity contribution in [3.05, 3.63) is 0 Å². The van der Waals surface area contributed by atoms with Crippen molar-refractivity contribution in [2.75, 3.05) is 13.2 Å². The van der Waals surface area contributed by atoms with E-state index in [-0.39, 0.29) is 18.2 Å². The Morgan fingerprint density at radius 1 is 1.33 bits per heavy atom. The number of rotatable bonds is 2. The highest BCUT2D eigenvalue weighted by molar-refractivity contribution is 5.83. The molecular formula is C12H20N2O4. The van der Waals surface area contributed by atoms with E-state index in [0.29, 0.717) is 19.6 Å². The van der Waals surface area contributed by atoms with E-state index in [1.165, 1.54) is 4.90 Å². The van der Waals surface area contributed by atoms with Crippen LogP contribution in [0, 0.1) is 0 Å². The van der Waals surface area contributed by atoms with Gasteiger partial charge in [-0.15, -0.1) is 0 Å². The van der Waals surface area contributed by atoms with Gasteiger partial charge in [0.25, 0.3) is 0 Å². The normalized spacial score (nSPS) is 32.3. The van der Waals surface area contributed by atoms with Crippen LogP contribution in [0.4, 0.5) is 4.79 Å². The molecule has 0 aliphatic carbocycles. The van der Waals surface area contributed by atoms with Crippen LogP contribution in [0.15, 0.2) is 0 Å². The van der Waals surface area contributed by atoms with Gasteiger partial charge in [-0.3, -0.25) is 0 Å². The van der Waals surface area contributed by atoms with Gasteiger partial charge in [0.1, 0.15) is 6.04 Å². The third-order valence-electron chi connectivity index (χ3n) is 3.73. The molecule has 2 aliphatic heterocycles. The number of hydrogen-bond donors (Lipinski definition) is 2. The Bertz CT molecular complexity index is 334. The number of carbonyl (C=O) groups excluding carboxylic acids is 1. The Kier molecular flexibility index (Phi) is 4.06. The van der Waals surface area contributed by atoms with Crippen molar-refractivity contribution < 1.29 is 19.4 Å². The Morgan fingerprint density at radius 3 is 2.72 bits per heavy atom. The average Bonchev–Trinajstić information content (AvgIpc) is 2.75. The molecule has 2 amide bonds. The second-order valence-electron chi connectivity index (χ2n) is 4.96. The predicted molar refractivity (Wildman–Crippen MR) is 64.3 cm³/mol. The lowest BCUT2D eigenvalue weighted by Crippen LogP contribution is -2.54. The maximum atomic E-state index is 12.1. The van der Waals surface area contributed by atoms with Gasteiger partial charge in [-0.1, -0.05) is 0 Å². The minimum atomic E-state index is -0.916. The summed E-state index contributed by atoms with van der Waals surface area (Å²) in [5, 5.41) is 12.0. The standard InChI is InChI=1S/C12H20N2O4/c1-8-9(5-7-18-8)13-12(17)14-6-3-2-4-10(14)11(15)16/h8-10H,2-7H2,1H3,(H,13,17)(H,15,16). The van der Waals surface area contributed by atoms with Gasteiger partial charge in [0.05, 0.1) is 12.1 Å². The second-order valence-corrected chi connectivity index (χ2v) is 4.96. The molecule has 2 heterocycles. The molecule has 3 atom stereocenters. The number of aliphatic carboxylic acids is 1. The number of piperidine rings is 1. The molecule has 2 aliphatic rings. The Balaban J connectivity index is 1.95. The number of carbonyl (C=O) groups is 2. The van der Waals surface area contributed by atoms with Crippen molar-refractivity contribution in [1.29, 1.82) is 0 Å². The van der Waals surface area contributed by atoms with Gasteiger partial charge in [-0.05, 0) is 32.6 Å². The number of carboxylic acid groups (broad SMARTS) is 1.